The average molecular weight is 370 g/mol. The Morgan fingerprint density at radius 2 is 1.08 bits per heavy atom. The fourth-order valence-corrected chi connectivity index (χ4v) is 4.50. The maximum Gasteiger partial charge on any atom is 0.358 e. The van der Waals surface area contributed by atoms with Crippen molar-refractivity contribution < 1.29 is 19.8 Å². The molecule has 0 unspecified atom stereocenters. The third kappa shape index (κ3) is 3.54. The monoisotopic (exact) mass is 370 g/mol. The number of anilines is 2. The molecular weight excluding hydrogens is 352 g/mol. The topological polar surface area (TPSA) is 107 Å². The van der Waals surface area contributed by atoms with Crippen LogP contribution in [0.25, 0.3) is 0 Å². The number of aromatic carboxylic acids is 2. The second-order valence-corrected chi connectivity index (χ2v) is 7.83. The van der Waals surface area contributed by atoms with Crippen molar-refractivity contribution in [2.24, 2.45) is 0 Å². The van der Waals surface area contributed by atoms with Crippen LogP contribution in [0.2, 0.25) is 0 Å². The molecule has 1 aromatic heterocycles. The van der Waals surface area contributed by atoms with Gasteiger partial charge in [-0.25, -0.2) is 19.6 Å². The third-order valence-electron chi connectivity index (χ3n) is 3.89. The van der Waals surface area contributed by atoms with Gasteiger partial charge in [-0.2, -0.15) is 23.5 Å². The summed E-state index contributed by atoms with van der Waals surface area (Å²) in [4.78, 5) is 35.4. The molecule has 2 fully saturated rings. The van der Waals surface area contributed by atoms with E-state index in [1.807, 2.05) is 9.80 Å². The molecule has 3 heterocycles. The maximum absolute atomic E-state index is 11.7. The van der Waals surface area contributed by atoms with E-state index in [0.717, 1.165) is 23.0 Å². The van der Waals surface area contributed by atoms with Crippen molar-refractivity contribution in [1.82, 2.24) is 9.97 Å². The van der Waals surface area contributed by atoms with Crippen LogP contribution >= 0.6 is 23.5 Å². The molecule has 24 heavy (non-hydrogen) atoms. The Kier molecular flexibility index (Phi) is 5.34. The van der Waals surface area contributed by atoms with Gasteiger partial charge >= 0.3 is 11.9 Å². The zero-order chi connectivity index (χ0) is 17.1. The molecule has 0 bridgehead atoms. The van der Waals surface area contributed by atoms with Gasteiger partial charge in [0.15, 0.2) is 23.0 Å². The molecule has 2 N–H and O–H groups in total. The van der Waals surface area contributed by atoms with Gasteiger partial charge in [0, 0.05) is 49.2 Å². The van der Waals surface area contributed by atoms with Crippen molar-refractivity contribution in [1.29, 1.82) is 0 Å². The van der Waals surface area contributed by atoms with E-state index in [1.165, 1.54) is 0 Å². The molecule has 0 aliphatic carbocycles. The lowest BCUT2D eigenvalue weighted by Crippen LogP contribution is -2.38. The minimum absolute atomic E-state index is 0.162. The molecule has 2 aliphatic rings. The van der Waals surface area contributed by atoms with Crippen LogP contribution in [0.4, 0.5) is 11.6 Å². The van der Waals surface area contributed by atoms with Crippen LogP contribution in [0.3, 0.4) is 0 Å². The first-order valence-corrected chi connectivity index (χ1v) is 9.93. The second-order valence-electron chi connectivity index (χ2n) is 5.38. The Balaban J connectivity index is 2.07. The summed E-state index contributed by atoms with van der Waals surface area (Å²) in [6, 6.07) is 0. The highest BCUT2D eigenvalue weighted by Crippen LogP contribution is 2.27. The Bertz CT molecular complexity index is 590. The van der Waals surface area contributed by atoms with E-state index in [0.29, 0.717) is 26.2 Å². The van der Waals surface area contributed by atoms with E-state index in [-0.39, 0.29) is 23.0 Å². The van der Waals surface area contributed by atoms with Gasteiger partial charge in [0.1, 0.15) is 0 Å². The molecule has 0 radical (unpaired) electrons. The molecule has 0 spiro atoms. The minimum Gasteiger partial charge on any atom is -0.476 e. The summed E-state index contributed by atoms with van der Waals surface area (Å²) in [5, 5.41) is 19.1. The third-order valence-corrected chi connectivity index (χ3v) is 5.77. The standard InChI is InChI=1S/C14H18N4O4S2/c19-13(20)9-11(17-1-5-23-6-2-17)15-10(14(21)22)12(16-9)18-3-7-24-8-4-18/h1-8H2,(H,19,20)(H,21,22). The summed E-state index contributed by atoms with van der Waals surface area (Å²) in [6.07, 6.45) is 0. The predicted molar refractivity (Wildman–Crippen MR) is 95.0 cm³/mol. The van der Waals surface area contributed by atoms with Gasteiger partial charge in [0.2, 0.25) is 0 Å². The Morgan fingerprint density at radius 3 is 1.38 bits per heavy atom. The number of carbonyl (C=O) groups is 2. The molecule has 0 atom stereocenters. The second kappa shape index (κ2) is 7.47. The van der Waals surface area contributed by atoms with E-state index in [4.69, 9.17) is 0 Å². The zero-order valence-electron chi connectivity index (χ0n) is 13.0. The normalized spacial score (nSPS) is 18.5. The van der Waals surface area contributed by atoms with Gasteiger partial charge < -0.3 is 20.0 Å². The van der Waals surface area contributed by atoms with Crippen LogP contribution in [-0.2, 0) is 0 Å². The van der Waals surface area contributed by atoms with Crippen molar-refractivity contribution in [3.63, 3.8) is 0 Å². The van der Waals surface area contributed by atoms with E-state index in [2.05, 4.69) is 9.97 Å². The van der Waals surface area contributed by atoms with Crippen LogP contribution in [0.5, 0.6) is 0 Å². The van der Waals surface area contributed by atoms with E-state index < -0.39 is 11.9 Å². The van der Waals surface area contributed by atoms with Crippen molar-refractivity contribution in [3.8, 4) is 0 Å². The summed E-state index contributed by atoms with van der Waals surface area (Å²) in [7, 11) is 0. The first-order valence-electron chi connectivity index (χ1n) is 7.62. The van der Waals surface area contributed by atoms with E-state index in [9.17, 15) is 19.8 Å². The molecule has 8 nitrogen and oxygen atoms in total. The van der Waals surface area contributed by atoms with E-state index in [1.54, 1.807) is 23.5 Å². The molecule has 0 aromatic carbocycles. The first kappa shape index (κ1) is 17.2. The maximum atomic E-state index is 11.7. The van der Waals surface area contributed by atoms with Crippen LogP contribution in [0.1, 0.15) is 21.0 Å². The molecule has 0 amide bonds. The summed E-state index contributed by atoms with van der Waals surface area (Å²) in [6.45, 7) is 2.55. The van der Waals surface area contributed by atoms with Gasteiger partial charge in [-0.3, -0.25) is 0 Å². The van der Waals surface area contributed by atoms with Gasteiger partial charge in [-0.05, 0) is 0 Å². The highest BCUT2D eigenvalue weighted by Gasteiger charge is 2.29. The number of rotatable bonds is 4. The zero-order valence-corrected chi connectivity index (χ0v) is 14.6. The number of carboxylic acids is 2. The Labute approximate surface area is 147 Å². The highest BCUT2D eigenvalue weighted by atomic mass is 32.2. The number of aromatic nitrogens is 2. The largest absolute Gasteiger partial charge is 0.476 e. The molecule has 2 aliphatic heterocycles. The Hall–Kier alpha value is -1.68. The number of carboxylic acid groups (broad SMARTS) is 2. The van der Waals surface area contributed by atoms with Crippen molar-refractivity contribution >= 4 is 47.1 Å². The van der Waals surface area contributed by atoms with Crippen LogP contribution in [0, 0.1) is 0 Å². The van der Waals surface area contributed by atoms with Crippen LogP contribution in [-0.4, -0.2) is 81.3 Å². The van der Waals surface area contributed by atoms with E-state index >= 15 is 0 Å². The molecule has 3 rings (SSSR count). The number of nitrogens with zero attached hydrogens (tertiary/aromatic N) is 4. The van der Waals surface area contributed by atoms with Crippen LogP contribution in [0.15, 0.2) is 0 Å². The highest BCUT2D eigenvalue weighted by molar-refractivity contribution is 7.99. The molecular formula is C14H18N4O4S2. The Morgan fingerprint density at radius 1 is 0.750 bits per heavy atom. The van der Waals surface area contributed by atoms with Gasteiger partial charge in [0.05, 0.1) is 0 Å². The van der Waals surface area contributed by atoms with Crippen molar-refractivity contribution in [3.05, 3.63) is 11.4 Å². The summed E-state index contributed by atoms with van der Waals surface area (Å²) >= 11 is 3.56. The smallest absolute Gasteiger partial charge is 0.358 e. The molecule has 2 saturated heterocycles. The molecule has 0 saturated carbocycles. The molecule has 10 heteroatoms. The number of thioether (sulfide) groups is 2. The minimum atomic E-state index is -1.18. The lowest BCUT2D eigenvalue weighted by Gasteiger charge is -2.31. The lowest BCUT2D eigenvalue weighted by atomic mass is 10.3. The number of hydrogen-bond acceptors (Lipinski definition) is 8. The van der Waals surface area contributed by atoms with Crippen molar-refractivity contribution in [2.45, 2.75) is 0 Å². The van der Waals surface area contributed by atoms with Crippen LogP contribution < -0.4 is 9.80 Å². The van der Waals surface area contributed by atoms with Crippen molar-refractivity contribution in [2.75, 3.05) is 59.0 Å². The SMILES string of the molecule is O=C(O)c1nc(N2CCSCC2)c(C(=O)O)nc1N1CCSCC1. The molecule has 1 aromatic rings. The number of hydrogen-bond donors (Lipinski definition) is 2. The van der Waals surface area contributed by atoms with Gasteiger partial charge in [-0.1, -0.05) is 0 Å². The fraction of sp³-hybridized carbons (Fsp3) is 0.571. The fourth-order valence-electron chi connectivity index (χ4n) is 2.70. The predicted octanol–water partition coefficient (Wildman–Crippen LogP) is 0.979. The average Bonchev–Trinajstić information content (AvgIpc) is 2.62. The molecule has 130 valence electrons. The quantitative estimate of drug-likeness (QED) is 0.796. The summed E-state index contributed by atoms with van der Waals surface area (Å²) in [5.74, 6) is 1.39. The van der Waals surface area contributed by atoms with Gasteiger partial charge in [-0.15, -0.1) is 0 Å². The first-order chi connectivity index (χ1) is 11.6. The summed E-state index contributed by atoms with van der Waals surface area (Å²) in [5.41, 5.74) is -0.333. The summed E-state index contributed by atoms with van der Waals surface area (Å²) < 4.78 is 0. The lowest BCUT2D eigenvalue weighted by molar-refractivity contribution is 0.0672. The van der Waals surface area contributed by atoms with Gasteiger partial charge in [0.25, 0.3) is 0 Å².